The number of nitrogens with zero attached hydrogens (tertiary/aromatic N) is 1. The Balaban J connectivity index is 1.69. The molecule has 182 valence electrons. The number of hydrogen-bond donors (Lipinski definition) is 2. The van der Waals surface area contributed by atoms with Crippen LogP contribution < -0.4 is 15.4 Å². The van der Waals surface area contributed by atoms with Crippen molar-refractivity contribution in [3.8, 4) is 5.75 Å². The van der Waals surface area contributed by atoms with Gasteiger partial charge in [-0.2, -0.15) is 0 Å². The minimum absolute atomic E-state index is 0.0203. The summed E-state index contributed by atoms with van der Waals surface area (Å²) < 4.78 is 18.3. The molecular weight excluding hydrogens is 437 g/mol. The maximum Gasteiger partial charge on any atom is 0.253 e. The number of piperidine rings is 1. The van der Waals surface area contributed by atoms with Crippen molar-refractivity contribution in [3.63, 3.8) is 0 Å². The first-order chi connectivity index (χ1) is 16.3. The Kier molecular flexibility index (Phi) is 8.62. The Bertz CT molecular complexity index is 986. The molecule has 0 bridgehead atoms. The summed E-state index contributed by atoms with van der Waals surface area (Å²) in [5.74, 6) is -0.597. The second kappa shape index (κ2) is 11.6. The zero-order valence-electron chi connectivity index (χ0n) is 19.8. The largest absolute Gasteiger partial charge is 0.497 e. The highest BCUT2D eigenvalue weighted by atomic mass is 19.1. The maximum atomic E-state index is 13.2. The Labute approximate surface area is 199 Å². The number of halogens is 1. The third kappa shape index (κ3) is 6.34. The van der Waals surface area contributed by atoms with Crippen LogP contribution in [0.5, 0.6) is 5.75 Å². The summed E-state index contributed by atoms with van der Waals surface area (Å²) >= 11 is 0. The number of rotatable bonds is 8. The van der Waals surface area contributed by atoms with Crippen molar-refractivity contribution in [2.75, 3.05) is 20.2 Å². The highest BCUT2D eigenvalue weighted by Crippen LogP contribution is 2.23. The first-order valence-corrected chi connectivity index (χ1v) is 11.6. The van der Waals surface area contributed by atoms with Crippen LogP contribution in [-0.4, -0.2) is 54.9 Å². The molecule has 2 atom stereocenters. The van der Waals surface area contributed by atoms with Crippen molar-refractivity contribution in [1.29, 1.82) is 0 Å². The summed E-state index contributed by atoms with van der Waals surface area (Å²) in [5, 5.41) is 5.89. The van der Waals surface area contributed by atoms with E-state index in [4.69, 9.17) is 4.74 Å². The van der Waals surface area contributed by atoms with Crippen molar-refractivity contribution in [2.45, 2.75) is 45.2 Å². The lowest BCUT2D eigenvalue weighted by molar-refractivity contribution is -0.125. The number of carbonyl (C=O) groups excluding carboxylic acids is 3. The smallest absolute Gasteiger partial charge is 0.253 e. The number of likely N-dealkylation sites (tertiary alicyclic amines) is 1. The predicted octanol–water partition coefficient (Wildman–Crippen LogP) is 3.40. The van der Waals surface area contributed by atoms with E-state index in [0.29, 0.717) is 42.8 Å². The number of hydrogen-bond acceptors (Lipinski definition) is 4. The van der Waals surface area contributed by atoms with Gasteiger partial charge < -0.3 is 20.3 Å². The fourth-order valence-corrected chi connectivity index (χ4v) is 4.01. The molecule has 0 spiro atoms. The van der Waals surface area contributed by atoms with E-state index < -0.39 is 11.9 Å². The summed E-state index contributed by atoms with van der Waals surface area (Å²) in [7, 11) is 1.55. The van der Waals surface area contributed by atoms with Crippen LogP contribution in [0.3, 0.4) is 0 Å². The molecule has 1 aliphatic heterocycles. The van der Waals surface area contributed by atoms with Crippen molar-refractivity contribution >= 4 is 17.7 Å². The van der Waals surface area contributed by atoms with E-state index in [9.17, 15) is 18.8 Å². The van der Waals surface area contributed by atoms with E-state index in [-0.39, 0.29) is 29.7 Å². The number of carbonyl (C=O) groups is 3. The number of nitrogens with one attached hydrogen (secondary N) is 2. The normalized spacial score (nSPS) is 15.8. The van der Waals surface area contributed by atoms with E-state index in [0.717, 1.165) is 6.42 Å². The summed E-state index contributed by atoms with van der Waals surface area (Å²) in [5.41, 5.74) is 0.866. The molecule has 2 aromatic rings. The van der Waals surface area contributed by atoms with Gasteiger partial charge >= 0.3 is 0 Å². The zero-order valence-corrected chi connectivity index (χ0v) is 19.8. The van der Waals surface area contributed by atoms with E-state index in [1.807, 2.05) is 13.8 Å². The Morgan fingerprint density at radius 3 is 2.15 bits per heavy atom. The van der Waals surface area contributed by atoms with Gasteiger partial charge in [-0.25, -0.2) is 4.39 Å². The highest BCUT2D eigenvalue weighted by Gasteiger charge is 2.34. The van der Waals surface area contributed by atoms with Crippen LogP contribution in [0.15, 0.2) is 48.5 Å². The molecule has 0 radical (unpaired) electrons. The molecule has 0 aliphatic carbocycles. The molecular formula is C26H32FN3O4. The fraction of sp³-hybridized carbons (Fsp3) is 0.423. The van der Waals surface area contributed by atoms with Gasteiger partial charge in [-0.05, 0) is 80.6 Å². The van der Waals surface area contributed by atoms with Gasteiger partial charge in [0.1, 0.15) is 17.6 Å². The number of ether oxygens (including phenoxy) is 1. The van der Waals surface area contributed by atoms with Crippen molar-refractivity contribution < 1.29 is 23.5 Å². The topological polar surface area (TPSA) is 87.7 Å². The highest BCUT2D eigenvalue weighted by molar-refractivity contribution is 5.98. The van der Waals surface area contributed by atoms with Crippen molar-refractivity contribution in [3.05, 3.63) is 65.5 Å². The minimum Gasteiger partial charge on any atom is -0.497 e. The molecule has 2 N–H and O–H groups in total. The lowest BCUT2D eigenvalue weighted by Crippen LogP contribution is -2.55. The van der Waals surface area contributed by atoms with Gasteiger partial charge in [0.25, 0.3) is 11.8 Å². The second-order valence-corrected chi connectivity index (χ2v) is 8.63. The monoisotopic (exact) mass is 469 g/mol. The zero-order chi connectivity index (χ0) is 24.7. The molecule has 0 saturated carbocycles. The molecule has 1 saturated heterocycles. The predicted molar refractivity (Wildman–Crippen MR) is 127 cm³/mol. The Hall–Kier alpha value is -3.42. The fourth-order valence-electron chi connectivity index (χ4n) is 4.01. The van der Waals surface area contributed by atoms with Gasteiger partial charge in [-0.3, -0.25) is 14.4 Å². The molecule has 1 fully saturated rings. The number of amides is 3. The van der Waals surface area contributed by atoms with Gasteiger partial charge in [-0.15, -0.1) is 0 Å². The molecule has 0 aromatic heterocycles. The SMILES string of the molecule is CCC(C)NC(=O)C(NC(=O)c1ccc(OC)cc1)C1CCN(C(=O)c2ccc(F)cc2)CC1. The van der Waals surface area contributed by atoms with Crippen LogP contribution in [0.4, 0.5) is 4.39 Å². The van der Waals surface area contributed by atoms with Gasteiger partial charge in [0.2, 0.25) is 5.91 Å². The molecule has 34 heavy (non-hydrogen) atoms. The van der Waals surface area contributed by atoms with E-state index >= 15 is 0 Å². The molecule has 8 heteroatoms. The lowest BCUT2D eigenvalue weighted by Gasteiger charge is -2.36. The van der Waals surface area contributed by atoms with Gasteiger partial charge in [-0.1, -0.05) is 6.92 Å². The van der Waals surface area contributed by atoms with Crippen molar-refractivity contribution in [2.24, 2.45) is 5.92 Å². The minimum atomic E-state index is -0.716. The summed E-state index contributed by atoms with van der Waals surface area (Å²) in [6.45, 7) is 4.80. The molecule has 3 rings (SSSR count). The maximum absolute atomic E-state index is 13.2. The first kappa shape index (κ1) is 25.2. The average Bonchev–Trinajstić information content (AvgIpc) is 2.87. The standard InChI is InChI=1S/C26H32FN3O4/c1-4-17(2)28-25(32)23(29-24(31)19-7-11-22(34-3)12-8-19)18-13-15-30(16-14-18)26(33)20-5-9-21(27)10-6-20/h5-12,17-18,23H,4,13-16H2,1-3H3,(H,28,32)(H,29,31). The Morgan fingerprint density at radius 1 is 1.00 bits per heavy atom. The van der Waals surface area contributed by atoms with Gasteiger partial charge in [0.15, 0.2) is 0 Å². The molecule has 2 unspecified atom stereocenters. The summed E-state index contributed by atoms with van der Waals surface area (Å²) in [4.78, 5) is 40.5. The van der Waals surface area contributed by atoms with Crippen LogP contribution in [0.2, 0.25) is 0 Å². The first-order valence-electron chi connectivity index (χ1n) is 11.6. The van der Waals surface area contributed by atoms with Crippen LogP contribution in [0.1, 0.15) is 53.8 Å². The van der Waals surface area contributed by atoms with E-state index in [2.05, 4.69) is 10.6 Å². The van der Waals surface area contributed by atoms with Crippen LogP contribution >= 0.6 is 0 Å². The molecule has 7 nitrogen and oxygen atoms in total. The quantitative estimate of drug-likeness (QED) is 0.620. The van der Waals surface area contributed by atoms with Gasteiger partial charge in [0.05, 0.1) is 7.11 Å². The third-order valence-electron chi connectivity index (χ3n) is 6.31. The summed E-state index contributed by atoms with van der Waals surface area (Å²) in [6.07, 6.45) is 1.90. The molecule has 2 aromatic carbocycles. The van der Waals surface area contributed by atoms with E-state index in [1.54, 1.807) is 36.3 Å². The van der Waals surface area contributed by atoms with Crippen LogP contribution in [0.25, 0.3) is 0 Å². The lowest BCUT2D eigenvalue weighted by atomic mass is 9.88. The van der Waals surface area contributed by atoms with Crippen LogP contribution in [-0.2, 0) is 4.79 Å². The average molecular weight is 470 g/mol. The number of methoxy groups -OCH3 is 1. The van der Waals surface area contributed by atoms with Gasteiger partial charge in [0, 0.05) is 30.3 Å². The second-order valence-electron chi connectivity index (χ2n) is 8.63. The van der Waals surface area contributed by atoms with Crippen molar-refractivity contribution in [1.82, 2.24) is 15.5 Å². The van der Waals surface area contributed by atoms with Crippen LogP contribution in [0, 0.1) is 11.7 Å². The molecule has 1 aliphatic rings. The third-order valence-corrected chi connectivity index (χ3v) is 6.31. The van der Waals surface area contributed by atoms with E-state index in [1.165, 1.54) is 24.3 Å². The Morgan fingerprint density at radius 2 is 1.59 bits per heavy atom. The summed E-state index contributed by atoms with van der Waals surface area (Å²) in [6, 6.07) is 11.4. The molecule has 1 heterocycles. The number of benzene rings is 2. The molecule has 3 amide bonds.